The van der Waals surface area contributed by atoms with Crippen LogP contribution < -0.4 is 10.6 Å². The molecule has 1 atom stereocenters. The number of morpholine rings is 1. The molecule has 2 fully saturated rings. The molecular weight excluding hydrogens is 443 g/mol. The fourth-order valence-electron chi connectivity index (χ4n) is 3.74. The molecule has 0 bridgehead atoms. The summed E-state index contributed by atoms with van der Waals surface area (Å²) in [5, 5.41) is 15.2. The van der Waals surface area contributed by atoms with Crippen LogP contribution in [0.3, 0.4) is 0 Å². The molecule has 3 N–H and O–H groups in total. The van der Waals surface area contributed by atoms with E-state index in [0.29, 0.717) is 19.7 Å². The van der Waals surface area contributed by atoms with Crippen LogP contribution in [0.2, 0.25) is 5.02 Å². The van der Waals surface area contributed by atoms with Crippen molar-refractivity contribution in [2.75, 3.05) is 43.5 Å². The molecular formula is C21H20ClFN4O5. The summed E-state index contributed by atoms with van der Waals surface area (Å²) < 4.78 is 18.8. The summed E-state index contributed by atoms with van der Waals surface area (Å²) in [6.07, 6.45) is 0. The first kappa shape index (κ1) is 21.8. The summed E-state index contributed by atoms with van der Waals surface area (Å²) in [6.45, 7) is 1.36. The van der Waals surface area contributed by atoms with Gasteiger partial charge in [0.1, 0.15) is 12.4 Å². The summed E-state index contributed by atoms with van der Waals surface area (Å²) in [5.41, 5.74) is 0.0526. The quantitative estimate of drug-likeness (QED) is 0.607. The van der Waals surface area contributed by atoms with Crippen LogP contribution in [0.5, 0.6) is 5.75 Å². The van der Waals surface area contributed by atoms with Gasteiger partial charge in [0.15, 0.2) is 5.75 Å². The molecule has 11 heteroatoms. The van der Waals surface area contributed by atoms with E-state index in [1.807, 2.05) is 0 Å². The Labute approximate surface area is 187 Å². The zero-order valence-corrected chi connectivity index (χ0v) is 17.6. The summed E-state index contributed by atoms with van der Waals surface area (Å²) in [7, 11) is 0. The van der Waals surface area contributed by atoms with Gasteiger partial charge in [-0.2, -0.15) is 0 Å². The SMILES string of the molecule is O=C(Nc1cccc(C(=O)N2CCN3C(=O)COC[C@H]3C2)c1O)Nc1cccc(F)c1Cl. The number of hydrogen-bond acceptors (Lipinski definition) is 5. The van der Waals surface area contributed by atoms with Gasteiger partial charge in [-0.3, -0.25) is 9.59 Å². The highest BCUT2D eigenvalue weighted by molar-refractivity contribution is 6.34. The molecule has 2 aromatic rings. The van der Waals surface area contributed by atoms with E-state index in [2.05, 4.69) is 10.6 Å². The molecule has 4 amide bonds. The molecule has 2 aliphatic heterocycles. The number of amides is 4. The second kappa shape index (κ2) is 9.01. The Kier molecular flexibility index (Phi) is 6.15. The number of halogens is 2. The molecule has 32 heavy (non-hydrogen) atoms. The number of anilines is 2. The summed E-state index contributed by atoms with van der Waals surface area (Å²) in [5.74, 6) is -1.63. The maximum absolute atomic E-state index is 13.5. The number of urea groups is 1. The van der Waals surface area contributed by atoms with E-state index in [-0.39, 0.29) is 47.1 Å². The number of para-hydroxylation sites is 1. The van der Waals surface area contributed by atoms with Crippen molar-refractivity contribution in [3.8, 4) is 5.75 Å². The molecule has 0 spiro atoms. The van der Waals surface area contributed by atoms with Crippen molar-refractivity contribution in [1.29, 1.82) is 0 Å². The number of carbonyl (C=O) groups excluding carboxylic acids is 3. The molecule has 0 aliphatic carbocycles. The number of nitrogens with one attached hydrogen (secondary N) is 2. The van der Waals surface area contributed by atoms with E-state index in [9.17, 15) is 23.9 Å². The van der Waals surface area contributed by atoms with Crippen LogP contribution in [0, 0.1) is 5.82 Å². The number of ether oxygens (including phenoxy) is 1. The Bertz CT molecular complexity index is 1080. The van der Waals surface area contributed by atoms with Crippen LogP contribution in [0.25, 0.3) is 0 Å². The molecule has 0 saturated carbocycles. The first-order valence-corrected chi connectivity index (χ1v) is 10.2. The van der Waals surface area contributed by atoms with Gasteiger partial charge >= 0.3 is 6.03 Å². The highest BCUT2D eigenvalue weighted by atomic mass is 35.5. The number of nitrogens with zero attached hydrogens (tertiary/aromatic N) is 2. The fraction of sp³-hybridized carbons (Fsp3) is 0.286. The Hall–Kier alpha value is -3.37. The zero-order chi connectivity index (χ0) is 22.8. The second-order valence-corrected chi connectivity index (χ2v) is 7.77. The van der Waals surface area contributed by atoms with Gasteiger partial charge in [-0.1, -0.05) is 23.7 Å². The Morgan fingerprint density at radius 3 is 2.66 bits per heavy atom. The van der Waals surface area contributed by atoms with Gasteiger partial charge in [-0.05, 0) is 24.3 Å². The average molecular weight is 463 g/mol. The lowest BCUT2D eigenvalue weighted by Crippen LogP contribution is -2.61. The summed E-state index contributed by atoms with van der Waals surface area (Å²) in [4.78, 5) is 40.5. The molecule has 2 saturated heterocycles. The van der Waals surface area contributed by atoms with Gasteiger partial charge in [-0.25, -0.2) is 9.18 Å². The number of phenolic OH excluding ortho intramolecular Hbond substituents is 1. The van der Waals surface area contributed by atoms with Crippen molar-refractivity contribution in [2.24, 2.45) is 0 Å². The minimum atomic E-state index is -0.774. The lowest BCUT2D eigenvalue weighted by Gasteiger charge is -2.43. The van der Waals surface area contributed by atoms with Gasteiger partial charge in [0.05, 0.1) is 34.6 Å². The highest BCUT2D eigenvalue weighted by Gasteiger charge is 2.36. The van der Waals surface area contributed by atoms with Gasteiger partial charge in [-0.15, -0.1) is 0 Å². The van der Waals surface area contributed by atoms with Crippen LogP contribution in [0.1, 0.15) is 10.4 Å². The maximum Gasteiger partial charge on any atom is 0.323 e. The highest BCUT2D eigenvalue weighted by Crippen LogP contribution is 2.30. The third-order valence-corrected chi connectivity index (χ3v) is 5.72. The van der Waals surface area contributed by atoms with Crippen molar-refractivity contribution < 1.29 is 28.6 Å². The average Bonchev–Trinajstić information content (AvgIpc) is 2.78. The van der Waals surface area contributed by atoms with Crippen LogP contribution in [0.15, 0.2) is 36.4 Å². The van der Waals surface area contributed by atoms with E-state index < -0.39 is 23.5 Å². The van der Waals surface area contributed by atoms with Crippen molar-refractivity contribution in [3.05, 3.63) is 52.8 Å². The predicted molar refractivity (Wildman–Crippen MR) is 114 cm³/mol. The number of piperazine rings is 1. The van der Waals surface area contributed by atoms with Crippen molar-refractivity contribution in [1.82, 2.24) is 9.80 Å². The fourth-order valence-corrected chi connectivity index (χ4v) is 3.91. The number of phenols is 1. The van der Waals surface area contributed by atoms with Crippen molar-refractivity contribution >= 4 is 40.8 Å². The summed E-state index contributed by atoms with van der Waals surface area (Å²) >= 11 is 5.83. The smallest absolute Gasteiger partial charge is 0.323 e. The number of hydrogen-bond donors (Lipinski definition) is 3. The van der Waals surface area contributed by atoms with Crippen LogP contribution >= 0.6 is 11.6 Å². The second-order valence-electron chi connectivity index (χ2n) is 7.39. The topological polar surface area (TPSA) is 111 Å². The van der Waals surface area contributed by atoms with E-state index in [0.717, 1.165) is 6.07 Å². The van der Waals surface area contributed by atoms with E-state index in [4.69, 9.17) is 16.3 Å². The van der Waals surface area contributed by atoms with E-state index in [1.165, 1.54) is 35.2 Å². The Morgan fingerprint density at radius 2 is 1.84 bits per heavy atom. The molecule has 168 valence electrons. The summed E-state index contributed by atoms with van der Waals surface area (Å²) in [6, 6.07) is 7.33. The van der Waals surface area contributed by atoms with Crippen LogP contribution in [-0.4, -0.2) is 71.6 Å². The molecule has 2 aromatic carbocycles. The molecule has 2 aliphatic rings. The monoisotopic (exact) mass is 462 g/mol. The predicted octanol–water partition coefficient (Wildman–Crippen LogP) is 2.51. The maximum atomic E-state index is 13.5. The van der Waals surface area contributed by atoms with E-state index >= 15 is 0 Å². The van der Waals surface area contributed by atoms with Gasteiger partial charge in [0.25, 0.3) is 5.91 Å². The van der Waals surface area contributed by atoms with Gasteiger partial charge < -0.3 is 30.3 Å². The first-order valence-electron chi connectivity index (χ1n) is 9.85. The standard InChI is InChI=1S/C21H20ClFN4O5/c22-18-14(23)4-2-5-15(18)24-21(31)25-16-6-1-3-13(19(16)29)20(30)26-7-8-27-12(9-26)10-32-11-17(27)28/h1-6,12,29H,7-11H2,(H2,24,25,31)/t12-/m1/s1. The number of benzene rings is 2. The number of carbonyl (C=O) groups is 3. The molecule has 0 aromatic heterocycles. The lowest BCUT2D eigenvalue weighted by atomic mass is 10.1. The molecule has 0 unspecified atom stereocenters. The van der Waals surface area contributed by atoms with Gasteiger partial charge in [0, 0.05) is 19.6 Å². The normalized spacial score (nSPS) is 18.2. The lowest BCUT2D eigenvalue weighted by molar-refractivity contribution is -0.151. The number of aromatic hydroxyl groups is 1. The van der Waals surface area contributed by atoms with Crippen LogP contribution in [-0.2, 0) is 9.53 Å². The molecule has 4 rings (SSSR count). The van der Waals surface area contributed by atoms with Crippen LogP contribution in [0.4, 0.5) is 20.6 Å². The number of rotatable bonds is 3. The third kappa shape index (κ3) is 4.32. The molecule has 2 heterocycles. The minimum Gasteiger partial charge on any atom is -0.505 e. The zero-order valence-electron chi connectivity index (χ0n) is 16.8. The Morgan fingerprint density at radius 1 is 1.12 bits per heavy atom. The van der Waals surface area contributed by atoms with Crippen molar-refractivity contribution in [2.45, 2.75) is 6.04 Å². The third-order valence-electron chi connectivity index (χ3n) is 5.34. The van der Waals surface area contributed by atoms with E-state index in [1.54, 1.807) is 4.90 Å². The first-order chi connectivity index (χ1) is 15.3. The Balaban J connectivity index is 1.46. The largest absolute Gasteiger partial charge is 0.505 e. The molecule has 9 nitrogen and oxygen atoms in total. The molecule has 0 radical (unpaired) electrons. The number of fused-ring (bicyclic) bond motifs is 1. The minimum absolute atomic E-state index is 0.00286. The van der Waals surface area contributed by atoms with Crippen molar-refractivity contribution in [3.63, 3.8) is 0 Å². The van der Waals surface area contributed by atoms with Gasteiger partial charge in [0.2, 0.25) is 5.91 Å².